The van der Waals surface area contributed by atoms with E-state index < -0.39 is 0 Å². The standard InChI is InChI=1S/C24H24Cl2N2O/c1-3-20-22(18-13-12-17(25)14-19(18)26)27-21(4-2)24(28-20)29-23(16-10-11-16)15-8-6-5-7-9-15/h5-9,12-14,16,23H,3-4,10-11H2,1-2H3. The second-order valence-electron chi connectivity index (χ2n) is 7.39. The number of ether oxygens (including phenoxy) is 1. The zero-order chi connectivity index (χ0) is 20.4. The van der Waals surface area contributed by atoms with Crippen LogP contribution >= 0.6 is 23.2 Å². The minimum atomic E-state index is 0.0190. The van der Waals surface area contributed by atoms with Crippen molar-refractivity contribution in [3.63, 3.8) is 0 Å². The van der Waals surface area contributed by atoms with Crippen molar-refractivity contribution in [2.45, 2.75) is 45.6 Å². The molecule has 0 bridgehead atoms. The Morgan fingerprint density at radius 1 is 0.966 bits per heavy atom. The highest BCUT2D eigenvalue weighted by Gasteiger charge is 2.35. The van der Waals surface area contributed by atoms with E-state index in [0.29, 0.717) is 21.8 Å². The zero-order valence-electron chi connectivity index (χ0n) is 16.7. The molecule has 0 radical (unpaired) electrons. The Morgan fingerprint density at radius 3 is 2.31 bits per heavy atom. The quantitative estimate of drug-likeness (QED) is 0.403. The Morgan fingerprint density at radius 2 is 1.69 bits per heavy atom. The molecular formula is C24H24Cl2N2O. The predicted octanol–water partition coefficient (Wildman–Crippen LogP) is 7.11. The van der Waals surface area contributed by atoms with Crippen molar-refractivity contribution >= 4 is 23.2 Å². The lowest BCUT2D eigenvalue weighted by molar-refractivity contribution is 0.170. The summed E-state index contributed by atoms with van der Waals surface area (Å²) in [6.45, 7) is 4.15. The van der Waals surface area contributed by atoms with Crippen LogP contribution in [-0.2, 0) is 12.8 Å². The molecule has 1 aliphatic carbocycles. The first-order chi connectivity index (χ1) is 14.1. The maximum atomic E-state index is 6.50. The van der Waals surface area contributed by atoms with E-state index in [9.17, 15) is 0 Å². The van der Waals surface area contributed by atoms with Crippen LogP contribution in [0.4, 0.5) is 0 Å². The van der Waals surface area contributed by atoms with E-state index in [-0.39, 0.29) is 6.10 Å². The first-order valence-electron chi connectivity index (χ1n) is 10.2. The molecule has 1 aliphatic rings. The second kappa shape index (κ2) is 8.73. The van der Waals surface area contributed by atoms with Crippen molar-refractivity contribution in [1.29, 1.82) is 0 Å². The number of nitrogens with zero attached hydrogens (tertiary/aromatic N) is 2. The van der Waals surface area contributed by atoms with Gasteiger partial charge in [0.15, 0.2) is 0 Å². The fourth-order valence-corrected chi connectivity index (χ4v) is 4.05. The van der Waals surface area contributed by atoms with Gasteiger partial charge in [0.2, 0.25) is 5.88 Å². The third-order valence-corrected chi connectivity index (χ3v) is 5.82. The Balaban J connectivity index is 1.74. The maximum Gasteiger partial charge on any atom is 0.236 e. The van der Waals surface area contributed by atoms with E-state index in [1.807, 2.05) is 18.2 Å². The summed E-state index contributed by atoms with van der Waals surface area (Å²) in [4.78, 5) is 9.84. The summed E-state index contributed by atoms with van der Waals surface area (Å²) in [5.41, 5.74) is 4.58. The summed E-state index contributed by atoms with van der Waals surface area (Å²) >= 11 is 12.5. The number of hydrogen-bond donors (Lipinski definition) is 0. The van der Waals surface area contributed by atoms with Crippen LogP contribution in [-0.4, -0.2) is 9.97 Å². The number of halogens is 2. The zero-order valence-corrected chi connectivity index (χ0v) is 18.2. The first-order valence-corrected chi connectivity index (χ1v) is 10.9. The highest BCUT2D eigenvalue weighted by Crippen LogP contribution is 2.44. The van der Waals surface area contributed by atoms with E-state index in [0.717, 1.165) is 35.5 Å². The molecule has 3 aromatic rings. The van der Waals surface area contributed by atoms with Crippen molar-refractivity contribution in [2.75, 3.05) is 0 Å². The molecule has 1 atom stereocenters. The average molecular weight is 427 g/mol. The Bertz CT molecular complexity index is 1000. The first kappa shape index (κ1) is 20.2. The fraction of sp³-hybridized carbons (Fsp3) is 0.333. The molecule has 0 spiro atoms. The molecule has 150 valence electrons. The van der Waals surface area contributed by atoms with Crippen LogP contribution in [0.1, 0.15) is 49.7 Å². The van der Waals surface area contributed by atoms with Crippen LogP contribution in [0, 0.1) is 5.92 Å². The van der Waals surface area contributed by atoms with Gasteiger partial charge in [0.05, 0.1) is 16.4 Å². The van der Waals surface area contributed by atoms with Crippen LogP contribution in [0.2, 0.25) is 10.0 Å². The molecule has 1 unspecified atom stereocenters. The summed E-state index contributed by atoms with van der Waals surface area (Å²) < 4.78 is 6.50. The highest BCUT2D eigenvalue weighted by molar-refractivity contribution is 6.36. The van der Waals surface area contributed by atoms with E-state index in [1.54, 1.807) is 6.07 Å². The fourth-order valence-electron chi connectivity index (χ4n) is 3.55. The molecule has 3 nitrogen and oxygen atoms in total. The number of aromatic nitrogens is 2. The average Bonchev–Trinajstić information content (AvgIpc) is 3.57. The summed E-state index contributed by atoms with van der Waals surface area (Å²) in [5.74, 6) is 1.18. The van der Waals surface area contributed by atoms with E-state index in [2.05, 4.69) is 38.1 Å². The second-order valence-corrected chi connectivity index (χ2v) is 8.23. The summed E-state index contributed by atoms with van der Waals surface area (Å²) in [7, 11) is 0. The largest absolute Gasteiger partial charge is 0.468 e. The van der Waals surface area contributed by atoms with Crippen molar-refractivity contribution < 1.29 is 4.74 Å². The molecule has 0 N–H and O–H groups in total. The summed E-state index contributed by atoms with van der Waals surface area (Å²) in [6.07, 6.45) is 3.87. The van der Waals surface area contributed by atoms with Crippen LogP contribution in [0.25, 0.3) is 11.3 Å². The maximum absolute atomic E-state index is 6.50. The molecule has 29 heavy (non-hydrogen) atoms. The smallest absolute Gasteiger partial charge is 0.236 e. The number of benzene rings is 2. The minimum absolute atomic E-state index is 0.0190. The van der Waals surface area contributed by atoms with Gasteiger partial charge in [-0.1, -0.05) is 67.4 Å². The van der Waals surface area contributed by atoms with Crippen LogP contribution in [0.15, 0.2) is 48.5 Å². The Kier molecular flexibility index (Phi) is 6.07. The van der Waals surface area contributed by atoms with Gasteiger partial charge in [-0.2, -0.15) is 0 Å². The third kappa shape index (κ3) is 4.41. The predicted molar refractivity (Wildman–Crippen MR) is 119 cm³/mol. The van der Waals surface area contributed by atoms with Gasteiger partial charge in [-0.15, -0.1) is 0 Å². The van der Waals surface area contributed by atoms with Gasteiger partial charge in [0, 0.05) is 16.5 Å². The SMILES string of the molecule is CCc1nc(-c2ccc(Cl)cc2Cl)c(CC)nc1OC(c1ccccc1)C1CC1. The molecule has 5 heteroatoms. The monoisotopic (exact) mass is 426 g/mol. The topological polar surface area (TPSA) is 35.0 Å². The van der Waals surface area contributed by atoms with E-state index >= 15 is 0 Å². The molecule has 1 fully saturated rings. The summed E-state index contributed by atoms with van der Waals surface area (Å²) in [6, 6.07) is 15.9. The molecule has 1 aromatic heterocycles. The molecular weight excluding hydrogens is 403 g/mol. The molecule has 4 rings (SSSR count). The summed E-state index contributed by atoms with van der Waals surface area (Å²) in [5, 5.41) is 1.19. The van der Waals surface area contributed by atoms with Gasteiger partial charge in [-0.05, 0) is 49.4 Å². The Labute approximate surface area is 182 Å². The van der Waals surface area contributed by atoms with Crippen molar-refractivity contribution in [3.8, 4) is 17.1 Å². The highest BCUT2D eigenvalue weighted by atomic mass is 35.5. The molecule has 1 heterocycles. The number of aryl methyl sites for hydroxylation is 2. The van der Waals surface area contributed by atoms with E-state index in [1.165, 1.54) is 18.4 Å². The van der Waals surface area contributed by atoms with Crippen molar-refractivity contribution in [3.05, 3.63) is 75.5 Å². The molecule has 1 saturated carbocycles. The van der Waals surface area contributed by atoms with Crippen LogP contribution in [0.5, 0.6) is 5.88 Å². The molecule has 0 aliphatic heterocycles. The van der Waals surface area contributed by atoms with Crippen LogP contribution in [0.3, 0.4) is 0 Å². The van der Waals surface area contributed by atoms with Gasteiger partial charge in [-0.3, -0.25) is 0 Å². The van der Waals surface area contributed by atoms with Gasteiger partial charge < -0.3 is 4.74 Å². The van der Waals surface area contributed by atoms with Crippen molar-refractivity contribution in [1.82, 2.24) is 9.97 Å². The van der Waals surface area contributed by atoms with Crippen molar-refractivity contribution in [2.24, 2.45) is 5.92 Å². The van der Waals surface area contributed by atoms with Gasteiger partial charge in [-0.25, -0.2) is 9.97 Å². The molecule has 0 saturated heterocycles. The Hall–Kier alpha value is -2.10. The van der Waals surface area contributed by atoms with E-state index in [4.69, 9.17) is 37.9 Å². The van der Waals surface area contributed by atoms with Gasteiger partial charge in [0.1, 0.15) is 11.8 Å². The number of rotatable bonds is 7. The van der Waals surface area contributed by atoms with Gasteiger partial charge in [0.25, 0.3) is 0 Å². The number of hydrogen-bond acceptors (Lipinski definition) is 3. The lowest BCUT2D eigenvalue weighted by Gasteiger charge is -2.21. The van der Waals surface area contributed by atoms with Crippen LogP contribution < -0.4 is 4.74 Å². The molecule has 2 aromatic carbocycles. The lowest BCUT2D eigenvalue weighted by atomic mass is 10.1. The van der Waals surface area contributed by atoms with Gasteiger partial charge >= 0.3 is 0 Å². The lowest BCUT2D eigenvalue weighted by Crippen LogP contribution is -2.14. The normalized spacial score (nSPS) is 14.6. The third-order valence-electron chi connectivity index (χ3n) is 5.28. The minimum Gasteiger partial charge on any atom is -0.468 e. The molecule has 0 amide bonds.